The number of aryl methyl sites for hydroxylation is 2. The SMILES string of the molecule is Cc1noc(C)c1NC(=O)Nc1ccc2c(c1)C(=O)N([C@@H](C)CO)C[C@H](C)[C@H](CN(C)C(=O)NC1CCCCC1)OCCCC[C@H](C)O2. The highest BCUT2D eigenvalue weighted by Gasteiger charge is 2.31. The van der Waals surface area contributed by atoms with Gasteiger partial charge in [-0.1, -0.05) is 31.3 Å². The van der Waals surface area contributed by atoms with E-state index in [1.165, 1.54) is 6.42 Å². The number of carbonyl (C=O) groups excluding carboxylic acids is 3. The van der Waals surface area contributed by atoms with Gasteiger partial charge in [-0.25, -0.2) is 9.59 Å². The second-order valence-electron chi connectivity index (χ2n) is 13.5. The molecule has 4 rings (SSSR count). The molecule has 266 valence electrons. The standard InChI is InChI=1S/C35H54N6O7/c1-22-19-41(23(2)21-42)33(43)29-18-28(36-34(44)38-32-25(4)39-48-26(32)5)15-16-30(29)47-24(3)12-10-11-17-46-31(22)20-40(6)35(45)37-27-13-8-7-9-14-27/h15-16,18,22-24,27,31,42H,7-14,17,19-21H2,1-6H3,(H,37,45)(H2,36,38,44)/t22-,23-,24-,31-/m0/s1. The van der Waals surface area contributed by atoms with Gasteiger partial charge in [0.1, 0.15) is 17.1 Å². The molecule has 13 heteroatoms. The normalized spacial score (nSPS) is 22.1. The molecule has 1 aliphatic carbocycles. The van der Waals surface area contributed by atoms with Crippen LogP contribution in [-0.4, -0.2) is 95.7 Å². The second-order valence-corrected chi connectivity index (χ2v) is 13.5. The molecule has 2 aromatic rings. The molecule has 4 atom stereocenters. The van der Waals surface area contributed by atoms with Gasteiger partial charge in [-0.3, -0.25) is 4.79 Å². The Morgan fingerprint density at radius 1 is 1.08 bits per heavy atom. The number of ether oxygens (including phenoxy) is 2. The van der Waals surface area contributed by atoms with Gasteiger partial charge in [0, 0.05) is 44.4 Å². The lowest BCUT2D eigenvalue weighted by Gasteiger charge is -2.36. The number of fused-ring (bicyclic) bond motifs is 1. The van der Waals surface area contributed by atoms with E-state index in [1.54, 1.807) is 55.8 Å². The lowest BCUT2D eigenvalue weighted by molar-refractivity contribution is -0.0123. The van der Waals surface area contributed by atoms with E-state index in [0.717, 1.165) is 44.9 Å². The molecular weight excluding hydrogens is 616 g/mol. The molecule has 1 aromatic carbocycles. The number of hydrogen-bond acceptors (Lipinski definition) is 8. The number of aliphatic hydroxyl groups is 1. The fourth-order valence-corrected chi connectivity index (χ4v) is 6.28. The Labute approximate surface area is 284 Å². The first-order valence-electron chi connectivity index (χ1n) is 17.3. The largest absolute Gasteiger partial charge is 0.490 e. The van der Waals surface area contributed by atoms with Gasteiger partial charge in [-0.2, -0.15) is 0 Å². The van der Waals surface area contributed by atoms with Crippen molar-refractivity contribution in [2.24, 2.45) is 5.92 Å². The van der Waals surface area contributed by atoms with Crippen LogP contribution in [0.25, 0.3) is 0 Å². The van der Waals surface area contributed by atoms with Gasteiger partial charge >= 0.3 is 12.1 Å². The van der Waals surface area contributed by atoms with Gasteiger partial charge in [0.15, 0.2) is 5.76 Å². The van der Waals surface area contributed by atoms with Crippen LogP contribution in [0.4, 0.5) is 21.0 Å². The second kappa shape index (κ2) is 17.5. The summed E-state index contributed by atoms with van der Waals surface area (Å²) in [6, 6.07) is 4.02. The van der Waals surface area contributed by atoms with Crippen LogP contribution >= 0.6 is 0 Å². The average Bonchev–Trinajstić information content (AvgIpc) is 3.38. The number of benzene rings is 1. The highest BCUT2D eigenvalue weighted by Crippen LogP contribution is 2.29. The number of carbonyl (C=O) groups is 3. The molecule has 0 bridgehead atoms. The van der Waals surface area contributed by atoms with Crippen LogP contribution in [-0.2, 0) is 4.74 Å². The van der Waals surface area contributed by atoms with Crippen molar-refractivity contribution in [3.63, 3.8) is 0 Å². The molecule has 2 aliphatic rings. The van der Waals surface area contributed by atoms with Gasteiger partial charge in [0.05, 0.1) is 30.4 Å². The highest BCUT2D eigenvalue weighted by atomic mass is 16.5. The minimum atomic E-state index is -0.523. The van der Waals surface area contributed by atoms with Crippen LogP contribution in [0.15, 0.2) is 22.7 Å². The van der Waals surface area contributed by atoms with Crippen LogP contribution in [0.3, 0.4) is 0 Å². The van der Waals surface area contributed by atoms with Crippen molar-refractivity contribution >= 4 is 29.3 Å². The topological polar surface area (TPSA) is 158 Å². The predicted octanol–water partition coefficient (Wildman–Crippen LogP) is 5.71. The lowest BCUT2D eigenvalue weighted by Crippen LogP contribution is -2.50. The third kappa shape index (κ3) is 10.1. The number of anilines is 2. The Balaban J connectivity index is 1.57. The van der Waals surface area contributed by atoms with Crippen molar-refractivity contribution in [1.29, 1.82) is 0 Å². The van der Waals surface area contributed by atoms with Crippen LogP contribution in [0.2, 0.25) is 0 Å². The lowest BCUT2D eigenvalue weighted by atomic mass is 9.96. The summed E-state index contributed by atoms with van der Waals surface area (Å²) in [6.45, 7) is 10.1. The van der Waals surface area contributed by atoms with Crippen LogP contribution in [0.5, 0.6) is 5.75 Å². The smallest absolute Gasteiger partial charge is 0.323 e. The van der Waals surface area contributed by atoms with Crippen LogP contribution < -0.4 is 20.7 Å². The summed E-state index contributed by atoms with van der Waals surface area (Å²) in [7, 11) is 1.78. The highest BCUT2D eigenvalue weighted by molar-refractivity contribution is 6.03. The Morgan fingerprint density at radius 3 is 2.50 bits per heavy atom. The van der Waals surface area contributed by atoms with E-state index in [0.29, 0.717) is 41.7 Å². The molecule has 5 amide bonds. The fraction of sp³-hybridized carbons (Fsp3) is 0.657. The van der Waals surface area contributed by atoms with Gasteiger partial charge in [0.2, 0.25) is 0 Å². The van der Waals surface area contributed by atoms with Crippen molar-refractivity contribution in [2.75, 3.05) is 44.0 Å². The maximum absolute atomic E-state index is 14.4. The minimum absolute atomic E-state index is 0.118. The van der Waals surface area contributed by atoms with Crippen molar-refractivity contribution in [3.8, 4) is 5.75 Å². The average molecular weight is 671 g/mol. The molecule has 0 radical (unpaired) electrons. The van der Waals surface area contributed by atoms with Crippen molar-refractivity contribution in [1.82, 2.24) is 20.3 Å². The summed E-state index contributed by atoms with van der Waals surface area (Å²) in [5.41, 5.74) is 1.68. The number of hydrogen-bond donors (Lipinski definition) is 4. The van der Waals surface area contributed by atoms with Crippen LogP contribution in [0.1, 0.15) is 93.9 Å². The summed E-state index contributed by atoms with van der Waals surface area (Å²) < 4.78 is 17.8. The molecule has 1 saturated carbocycles. The van der Waals surface area contributed by atoms with Crippen molar-refractivity contribution < 1.29 is 33.5 Å². The molecule has 2 heterocycles. The molecule has 48 heavy (non-hydrogen) atoms. The van der Waals surface area contributed by atoms with E-state index in [4.69, 9.17) is 14.0 Å². The van der Waals surface area contributed by atoms with E-state index in [2.05, 4.69) is 21.1 Å². The first kappa shape index (κ1) is 37.0. The van der Waals surface area contributed by atoms with E-state index >= 15 is 0 Å². The Morgan fingerprint density at radius 2 is 1.81 bits per heavy atom. The number of nitrogens with one attached hydrogen (secondary N) is 3. The predicted molar refractivity (Wildman–Crippen MR) is 184 cm³/mol. The number of amides is 5. The van der Waals surface area contributed by atoms with Crippen LogP contribution in [0, 0.1) is 19.8 Å². The molecule has 1 aliphatic heterocycles. The van der Waals surface area contributed by atoms with E-state index in [9.17, 15) is 19.5 Å². The zero-order valence-corrected chi connectivity index (χ0v) is 29.3. The monoisotopic (exact) mass is 670 g/mol. The fourth-order valence-electron chi connectivity index (χ4n) is 6.28. The summed E-state index contributed by atoms with van der Waals surface area (Å²) in [5, 5.41) is 22.8. The number of rotatable bonds is 7. The minimum Gasteiger partial charge on any atom is -0.490 e. The Kier molecular flexibility index (Phi) is 13.5. The number of urea groups is 2. The zero-order chi connectivity index (χ0) is 34.8. The van der Waals surface area contributed by atoms with E-state index < -0.39 is 12.1 Å². The maximum atomic E-state index is 14.4. The molecular formula is C35H54N6O7. The van der Waals surface area contributed by atoms with Crippen molar-refractivity contribution in [2.45, 2.75) is 110 Å². The van der Waals surface area contributed by atoms with Gasteiger partial charge in [0.25, 0.3) is 5.91 Å². The third-order valence-electron chi connectivity index (χ3n) is 9.31. The summed E-state index contributed by atoms with van der Waals surface area (Å²) in [5.74, 6) is 0.349. The van der Waals surface area contributed by atoms with E-state index in [-0.39, 0.29) is 54.8 Å². The number of aliphatic hydroxyl groups excluding tert-OH is 1. The number of likely N-dealkylation sites (N-methyl/N-ethyl adjacent to an activating group) is 1. The van der Waals surface area contributed by atoms with E-state index in [1.807, 2.05) is 13.8 Å². The first-order chi connectivity index (χ1) is 23.0. The molecule has 1 aromatic heterocycles. The van der Waals surface area contributed by atoms with Gasteiger partial charge in [-0.05, 0) is 78.0 Å². The molecule has 0 unspecified atom stereocenters. The molecule has 4 N–H and O–H groups in total. The third-order valence-corrected chi connectivity index (χ3v) is 9.31. The van der Waals surface area contributed by atoms with Gasteiger partial charge < -0.3 is 44.9 Å². The zero-order valence-electron chi connectivity index (χ0n) is 29.3. The summed E-state index contributed by atoms with van der Waals surface area (Å²) in [6.07, 6.45) is 7.37. The maximum Gasteiger partial charge on any atom is 0.323 e. The molecule has 13 nitrogen and oxygen atoms in total. The summed E-state index contributed by atoms with van der Waals surface area (Å²) in [4.78, 5) is 43.7. The molecule has 0 spiro atoms. The Bertz CT molecular complexity index is 1360. The quantitative estimate of drug-likeness (QED) is 0.292. The Hall–Kier alpha value is -3.84. The molecule has 1 fully saturated rings. The number of aromatic nitrogens is 1. The van der Waals surface area contributed by atoms with Gasteiger partial charge in [-0.15, -0.1) is 0 Å². The summed E-state index contributed by atoms with van der Waals surface area (Å²) >= 11 is 0. The number of nitrogens with zero attached hydrogens (tertiary/aromatic N) is 3. The van der Waals surface area contributed by atoms with Crippen molar-refractivity contribution in [3.05, 3.63) is 35.2 Å². The molecule has 0 saturated heterocycles. The first-order valence-corrected chi connectivity index (χ1v) is 17.3.